The number of aliphatic carboxylic acids is 4. The Bertz CT molecular complexity index is 1320. The minimum atomic E-state index is -1.40. The summed E-state index contributed by atoms with van der Waals surface area (Å²) in [7, 11) is 2.00. The van der Waals surface area contributed by atoms with Crippen LogP contribution in [0.3, 0.4) is 0 Å². The van der Waals surface area contributed by atoms with E-state index in [0.29, 0.717) is 24.2 Å². The first-order valence-corrected chi connectivity index (χ1v) is 14.4. The highest BCUT2D eigenvalue weighted by Crippen LogP contribution is 2.37. The molecule has 0 aliphatic carbocycles. The lowest BCUT2D eigenvalue weighted by atomic mass is 9.82. The topological polar surface area (TPSA) is 231 Å². The molecule has 1 atom stereocenters. The number of amides is 3. The van der Waals surface area contributed by atoms with Gasteiger partial charge in [-0.05, 0) is 18.2 Å². The fraction of sp³-hybridized carbons (Fsp3) is 0.387. The second kappa shape index (κ2) is 18.0. The Labute approximate surface area is 270 Å². The van der Waals surface area contributed by atoms with E-state index in [2.05, 4.69) is 10.2 Å². The number of esters is 1. The maximum Gasteiger partial charge on any atom is 0.329 e. The smallest absolute Gasteiger partial charge is 0.329 e. The minimum Gasteiger partial charge on any atom is -0.481 e. The van der Waals surface area contributed by atoms with Gasteiger partial charge in [-0.25, -0.2) is 14.6 Å². The third-order valence-corrected chi connectivity index (χ3v) is 6.91. The molecule has 4 rings (SSSR count). The predicted octanol–water partition coefficient (Wildman–Crippen LogP) is 1.45. The largest absolute Gasteiger partial charge is 0.481 e. The van der Waals surface area contributed by atoms with Crippen molar-refractivity contribution in [2.24, 2.45) is 0 Å². The van der Waals surface area contributed by atoms with Gasteiger partial charge in [0, 0.05) is 33.1 Å². The van der Waals surface area contributed by atoms with E-state index < -0.39 is 53.7 Å². The molecule has 2 fully saturated rings. The average molecular weight is 659 g/mol. The van der Waals surface area contributed by atoms with Gasteiger partial charge >= 0.3 is 35.9 Å². The van der Waals surface area contributed by atoms with Crippen LogP contribution in [-0.4, -0.2) is 116 Å². The molecule has 2 aromatic carbocycles. The standard InChI is InChI=1S/C23H26N4O4.2C4H6O4/c1-17(28)31-22(26-15-13-25(2)14-16-26)27-20(29)23(24-21(27)30,18-9-5-3-6-10-18)19-11-7-4-8-12-19;2*5-3(6)1-2-4(7)8/h3-12,22H,13-16H2,1-2H3,(H,24,30);2*1-2H2,(H,5,6)(H,7,8). The first-order valence-electron chi connectivity index (χ1n) is 14.4. The highest BCUT2D eigenvalue weighted by molar-refractivity contribution is 6.09. The molecule has 2 aromatic rings. The molecule has 2 aliphatic rings. The normalized spacial score (nSPS) is 16.3. The molecule has 0 radical (unpaired) electrons. The summed E-state index contributed by atoms with van der Waals surface area (Å²) < 4.78 is 5.53. The van der Waals surface area contributed by atoms with Gasteiger partial charge in [-0.2, -0.15) is 0 Å². The number of hydrogen-bond acceptors (Lipinski definition) is 10. The Morgan fingerprint density at radius 1 is 0.723 bits per heavy atom. The predicted molar refractivity (Wildman–Crippen MR) is 163 cm³/mol. The van der Waals surface area contributed by atoms with E-state index in [1.165, 1.54) is 6.92 Å². The van der Waals surface area contributed by atoms with Crippen LogP contribution in [-0.2, 0) is 39.0 Å². The number of likely N-dealkylation sites (N-methyl/N-ethyl adjacent to an activating group) is 1. The fourth-order valence-electron chi connectivity index (χ4n) is 4.59. The Hall–Kier alpha value is -5.35. The van der Waals surface area contributed by atoms with E-state index in [0.717, 1.165) is 18.0 Å². The van der Waals surface area contributed by atoms with Gasteiger partial charge in [-0.3, -0.25) is 28.8 Å². The second-order valence-electron chi connectivity index (χ2n) is 10.4. The summed E-state index contributed by atoms with van der Waals surface area (Å²) in [5.41, 5.74) is -0.117. The van der Waals surface area contributed by atoms with Gasteiger partial charge in [0.05, 0.1) is 25.7 Å². The van der Waals surface area contributed by atoms with Gasteiger partial charge in [-0.15, -0.1) is 0 Å². The Balaban J connectivity index is 0.000000397. The number of carbonyl (C=O) groups is 7. The van der Waals surface area contributed by atoms with Gasteiger partial charge in [0.25, 0.3) is 5.91 Å². The number of imide groups is 1. The van der Waals surface area contributed by atoms with E-state index in [4.69, 9.17) is 25.2 Å². The van der Waals surface area contributed by atoms with Crippen molar-refractivity contribution in [2.75, 3.05) is 33.2 Å². The first kappa shape index (κ1) is 37.8. The van der Waals surface area contributed by atoms with Gasteiger partial charge in [-0.1, -0.05) is 60.7 Å². The van der Waals surface area contributed by atoms with Crippen LogP contribution in [0.4, 0.5) is 4.79 Å². The molecule has 16 nitrogen and oxygen atoms in total. The van der Waals surface area contributed by atoms with E-state index in [1.54, 1.807) is 0 Å². The summed E-state index contributed by atoms with van der Waals surface area (Å²) in [5, 5.41) is 34.5. The average Bonchev–Trinajstić information content (AvgIpc) is 3.30. The van der Waals surface area contributed by atoms with Crippen LogP contribution < -0.4 is 5.32 Å². The molecule has 5 N–H and O–H groups in total. The maximum absolute atomic E-state index is 14.0. The monoisotopic (exact) mass is 658 g/mol. The van der Waals surface area contributed by atoms with E-state index in [-0.39, 0.29) is 25.7 Å². The number of nitrogens with zero attached hydrogens (tertiary/aromatic N) is 3. The van der Waals surface area contributed by atoms with Crippen molar-refractivity contribution in [3.63, 3.8) is 0 Å². The molecule has 3 amide bonds. The van der Waals surface area contributed by atoms with Crippen LogP contribution in [0.1, 0.15) is 43.7 Å². The molecule has 47 heavy (non-hydrogen) atoms. The number of ether oxygens (including phenoxy) is 1. The summed E-state index contributed by atoms with van der Waals surface area (Å²) in [5.74, 6) is -5.33. The fourth-order valence-corrected chi connectivity index (χ4v) is 4.59. The van der Waals surface area contributed by atoms with Crippen molar-refractivity contribution in [3.05, 3.63) is 71.8 Å². The van der Waals surface area contributed by atoms with Gasteiger partial charge in [0.2, 0.25) is 6.35 Å². The van der Waals surface area contributed by atoms with Crippen LogP contribution >= 0.6 is 0 Å². The van der Waals surface area contributed by atoms with Crippen LogP contribution in [0.25, 0.3) is 0 Å². The van der Waals surface area contributed by atoms with Crippen LogP contribution in [0.15, 0.2) is 60.7 Å². The van der Waals surface area contributed by atoms with E-state index >= 15 is 0 Å². The SMILES string of the molecule is CC(=O)OC(N1CCN(C)CC1)N1C(=O)NC(c2ccccc2)(c2ccccc2)C1=O.O=C(O)CCC(=O)O.O=C(O)CCC(=O)O. The lowest BCUT2D eigenvalue weighted by molar-refractivity contribution is -0.180. The summed E-state index contributed by atoms with van der Waals surface area (Å²) in [6.45, 7) is 3.89. The van der Waals surface area contributed by atoms with E-state index in [9.17, 15) is 33.6 Å². The highest BCUT2D eigenvalue weighted by Gasteiger charge is 2.57. The summed E-state index contributed by atoms with van der Waals surface area (Å²) in [4.78, 5) is 82.7. The first-order chi connectivity index (χ1) is 22.2. The number of carboxylic acids is 4. The minimum absolute atomic E-state index is 0.296. The molecule has 0 aromatic heterocycles. The molecule has 0 spiro atoms. The van der Waals surface area contributed by atoms with Crippen molar-refractivity contribution in [1.82, 2.24) is 20.0 Å². The van der Waals surface area contributed by atoms with Crippen molar-refractivity contribution < 1.29 is 58.7 Å². The van der Waals surface area contributed by atoms with Gasteiger partial charge in [0.15, 0.2) is 5.54 Å². The third kappa shape index (κ3) is 11.2. The van der Waals surface area contributed by atoms with Crippen molar-refractivity contribution >= 4 is 41.8 Å². The van der Waals surface area contributed by atoms with Crippen molar-refractivity contribution in [3.8, 4) is 0 Å². The summed E-state index contributed by atoms with van der Waals surface area (Å²) in [6.07, 6.45) is -2.29. The third-order valence-electron chi connectivity index (χ3n) is 6.91. The molecule has 16 heteroatoms. The zero-order chi connectivity index (χ0) is 35.1. The molecule has 0 saturated carbocycles. The number of urea groups is 1. The summed E-state index contributed by atoms with van der Waals surface area (Å²) >= 11 is 0. The van der Waals surface area contributed by atoms with Crippen LogP contribution in [0, 0.1) is 0 Å². The zero-order valence-corrected chi connectivity index (χ0v) is 25.9. The highest BCUT2D eigenvalue weighted by atomic mass is 16.6. The van der Waals surface area contributed by atoms with Crippen LogP contribution in [0.5, 0.6) is 0 Å². The van der Waals surface area contributed by atoms with Gasteiger partial charge in [0.1, 0.15) is 0 Å². The molecule has 2 aliphatic heterocycles. The maximum atomic E-state index is 14.0. The number of nitrogens with one attached hydrogen (secondary N) is 1. The molecular formula is C31H38N4O12. The number of benzene rings is 2. The van der Waals surface area contributed by atoms with Gasteiger partial charge < -0.3 is 35.4 Å². The lowest BCUT2D eigenvalue weighted by Crippen LogP contribution is -2.59. The molecule has 2 saturated heterocycles. The number of hydrogen-bond donors (Lipinski definition) is 5. The number of piperazine rings is 1. The lowest BCUT2D eigenvalue weighted by Gasteiger charge is -2.39. The number of rotatable bonds is 11. The molecule has 254 valence electrons. The van der Waals surface area contributed by atoms with E-state index in [1.807, 2.05) is 72.6 Å². The zero-order valence-electron chi connectivity index (χ0n) is 25.9. The molecule has 1 unspecified atom stereocenters. The number of carbonyl (C=O) groups excluding carboxylic acids is 3. The Morgan fingerprint density at radius 2 is 1.11 bits per heavy atom. The summed E-state index contributed by atoms with van der Waals surface area (Å²) in [6, 6.07) is 17.7. The van der Waals surface area contributed by atoms with Crippen LogP contribution in [0.2, 0.25) is 0 Å². The quantitative estimate of drug-likeness (QED) is 0.170. The molecular weight excluding hydrogens is 620 g/mol. The molecule has 2 heterocycles. The second-order valence-corrected chi connectivity index (χ2v) is 10.4. The number of carboxylic acid groups (broad SMARTS) is 4. The van der Waals surface area contributed by atoms with Crippen molar-refractivity contribution in [1.29, 1.82) is 0 Å². The Kier molecular flexibility index (Phi) is 14.5. The Morgan fingerprint density at radius 3 is 1.45 bits per heavy atom. The van der Waals surface area contributed by atoms with Crippen molar-refractivity contribution in [2.45, 2.75) is 44.5 Å². The molecule has 0 bridgehead atoms.